The van der Waals surface area contributed by atoms with Gasteiger partial charge in [0.25, 0.3) is 0 Å². The van der Waals surface area contributed by atoms with Crippen LogP contribution in [0.4, 0.5) is 10.5 Å². The fourth-order valence-corrected chi connectivity index (χ4v) is 3.56. The Morgan fingerprint density at radius 1 is 1.31 bits per heavy atom. The fraction of sp³-hybridized carbons (Fsp3) is 0.389. The molecule has 0 spiro atoms. The highest BCUT2D eigenvalue weighted by molar-refractivity contribution is 5.91. The maximum atomic E-state index is 12.6. The highest BCUT2D eigenvalue weighted by Gasteiger charge is 2.28. The molecule has 8 nitrogen and oxygen atoms in total. The second-order valence-electron chi connectivity index (χ2n) is 6.80. The summed E-state index contributed by atoms with van der Waals surface area (Å²) in [5, 5.41) is 7.41. The number of urea groups is 1. The largest absolute Gasteiger partial charge is 0.419 e. The summed E-state index contributed by atoms with van der Waals surface area (Å²) in [6.07, 6.45) is 0.877. The lowest BCUT2D eigenvalue weighted by Gasteiger charge is -2.18. The average molecular weight is 355 g/mol. The van der Waals surface area contributed by atoms with Gasteiger partial charge >= 0.3 is 11.8 Å². The Morgan fingerprint density at radius 3 is 2.85 bits per heavy atom. The predicted molar refractivity (Wildman–Crippen MR) is 97.4 cm³/mol. The van der Waals surface area contributed by atoms with Gasteiger partial charge in [0.15, 0.2) is 5.58 Å². The Bertz CT molecular complexity index is 1040. The van der Waals surface area contributed by atoms with Crippen LogP contribution in [0, 0.1) is 13.8 Å². The van der Waals surface area contributed by atoms with Crippen LogP contribution in [0.1, 0.15) is 23.9 Å². The van der Waals surface area contributed by atoms with E-state index in [-0.39, 0.29) is 12.1 Å². The van der Waals surface area contributed by atoms with Crippen molar-refractivity contribution < 1.29 is 9.21 Å². The quantitative estimate of drug-likeness (QED) is 0.765. The van der Waals surface area contributed by atoms with Crippen molar-refractivity contribution in [1.82, 2.24) is 19.2 Å². The Kier molecular flexibility index (Phi) is 3.82. The number of oxazole rings is 1. The summed E-state index contributed by atoms with van der Waals surface area (Å²) >= 11 is 0. The molecule has 0 saturated carbocycles. The van der Waals surface area contributed by atoms with Crippen molar-refractivity contribution in [1.29, 1.82) is 0 Å². The van der Waals surface area contributed by atoms with Crippen molar-refractivity contribution in [3.63, 3.8) is 0 Å². The molecule has 1 aromatic carbocycles. The number of nitrogens with one attached hydrogen (secondary N) is 1. The summed E-state index contributed by atoms with van der Waals surface area (Å²) in [6, 6.07) is 7.28. The topological polar surface area (TPSA) is 85.3 Å². The smallest absolute Gasteiger partial charge is 0.408 e. The van der Waals surface area contributed by atoms with Crippen molar-refractivity contribution in [2.45, 2.75) is 26.3 Å². The van der Waals surface area contributed by atoms with E-state index in [1.165, 1.54) is 4.57 Å². The van der Waals surface area contributed by atoms with E-state index in [0.717, 1.165) is 17.8 Å². The molecule has 1 N–H and O–H groups in total. The molecule has 1 saturated heterocycles. The molecule has 0 unspecified atom stereocenters. The van der Waals surface area contributed by atoms with Crippen LogP contribution in [0.15, 0.2) is 33.5 Å². The number of rotatable bonds is 2. The van der Waals surface area contributed by atoms with Crippen molar-refractivity contribution in [3.8, 4) is 0 Å². The lowest BCUT2D eigenvalue weighted by molar-refractivity contribution is 0.220. The number of hydrogen-bond acceptors (Lipinski definition) is 4. The summed E-state index contributed by atoms with van der Waals surface area (Å²) in [7, 11) is 1.65. The second-order valence-corrected chi connectivity index (χ2v) is 6.80. The number of hydrogen-bond donors (Lipinski definition) is 1. The molecule has 1 aliphatic rings. The van der Waals surface area contributed by atoms with E-state index in [9.17, 15) is 9.59 Å². The van der Waals surface area contributed by atoms with Gasteiger partial charge in [0, 0.05) is 37.6 Å². The molecule has 2 amide bonds. The van der Waals surface area contributed by atoms with E-state index < -0.39 is 5.76 Å². The Hall–Kier alpha value is -3.03. The zero-order chi connectivity index (χ0) is 18.4. The highest BCUT2D eigenvalue weighted by Crippen LogP contribution is 2.24. The van der Waals surface area contributed by atoms with Crippen molar-refractivity contribution in [3.05, 3.63) is 46.2 Å². The predicted octanol–water partition coefficient (Wildman–Crippen LogP) is 2.42. The minimum absolute atomic E-state index is 0.161. The normalized spacial score (nSPS) is 17.2. The standard InChI is InChI=1S/C18H21N5O3/c1-11-8-12(2)23(20-11)14-6-7-22(10-14)17(24)19-13-4-5-15-16(9-13)26-18(25)21(15)3/h4-5,8-9,14H,6-7,10H2,1-3H3,(H,19,24)/t14-/m1/s1. The summed E-state index contributed by atoms with van der Waals surface area (Å²) < 4.78 is 8.61. The van der Waals surface area contributed by atoms with Crippen LogP contribution in [0.5, 0.6) is 0 Å². The van der Waals surface area contributed by atoms with Crippen LogP contribution in [0.2, 0.25) is 0 Å². The van der Waals surface area contributed by atoms with Gasteiger partial charge in [0.2, 0.25) is 0 Å². The van der Waals surface area contributed by atoms with Gasteiger partial charge in [-0.3, -0.25) is 9.25 Å². The molecule has 3 aromatic rings. The van der Waals surface area contributed by atoms with Crippen LogP contribution in [0.3, 0.4) is 0 Å². The van der Waals surface area contributed by atoms with E-state index in [1.54, 1.807) is 30.1 Å². The van der Waals surface area contributed by atoms with Gasteiger partial charge in [-0.05, 0) is 38.5 Å². The molecule has 2 aromatic heterocycles. The lowest BCUT2D eigenvalue weighted by atomic mass is 10.2. The highest BCUT2D eigenvalue weighted by atomic mass is 16.4. The van der Waals surface area contributed by atoms with E-state index in [4.69, 9.17) is 4.42 Å². The van der Waals surface area contributed by atoms with E-state index in [1.807, 2.05) is 24.6 Å². The number of nitrogens with zero attached hydrogens (tertiary/aromatic N) is 4. The molecule has 3 heterocycles. The Labute approximate surface area is 150 Å². The van der Waals surface area contributed by atoms with Crippen LogP contribution in [0.25, 0.3) is 11.1 Å². The zero-order valence-corrected chi connectivity index (χ0v) is 15.0. The van der Waals surface area contributed by atoms with Gasteiger partial charge in [-0.2, -0.15) is 5.10 Å². The number of likely N-dealkylation sites (tertiary alicyclic amines) is 1. The molecule has 1 aliphatic heterocycles. The maximum absolute atomic E-state index is 12.6. The molecule has 8 heteroatoms. The Balaban J connectivity index is 1.47. The van der Waals surface area contributed by atoms with Gasteiger partial charge in [-0.1, -0.05) is 0 Å². The first-order chi connectivity index (χ1) is 12.4. The SMILES string of the molecule is Cc1cc(C)n([C@@H]2CCN(C(=O)Nc3ccc4c(c3)oc(=O)n4C)C2)n1. The van der Waals surface area contributed by atoms with Crippen LogP contribution in [-0.2, 0) is 7.05 Å². The number of amides is 2. The first-order valence-corrected chi connectivity index (χ1v) is 8.60. The molecule has 4 rings (SSSR count). The van der Waals surface area contributed by atoms with E-state index in [2.05, 4.69) is 10.4 Å². The molecule has 136 valence electrons. The van der Waals surface area contributed by atoms with Crippen LogP contribution in [-0.4, -0.2) is 38.4 Å². The Morgan fingerprint density at radius 2 is 2.12 bits per heavy atom. The monoisotopic (exact) mass is 355 g/mol. The number of carbonyl (C=O) groups excluding carboxylic acids is 1. The van der Waals surface area contributed by atoms with Gasteiger partial charge in [0.1, 0.15) is 0 Å². The molecule has 1 fully saturated rings. The van der Waals surface area contributed by atoms with E-state index in [0.29, 0.717) is 29.9 Å². The molecule has 1 atom stereocenters. The van der Waals surface area contributed by atoms with Gasteiger partial charge in [-0.25, -0.2) is 9.59 Å². The third kappa shape index (κ3) is 2.77. The number of anilines is 1. The number of carbonyl (C=O) groups is 1. The minimum Gasteiger partial charge on any atom is -0.408 e. The summed E-state index contributed by atoms with van der Waals surface area (Å²) in [5.41, 5.74) is 3.85. The lowest BCUT2D eigenvalue weighted by Crippen LogP contribution is -2.33. The summed E-state index contributed by atoms with van der Waals surface area (Å²) in [4.78, 5) is 25.9. The van der Waals surface area contributed by atoms with Crippen molar-refractivity contribution in [2.24, 2.45) is 7.05 Å². The summed E-state index contributed by atoms with van der Waals surface area (Å²) in [6.45, 7) is 5.31. The van der Waals surface area contributed by atoms with Gasteiger partial charge in [0.05, 0.1) is 17.3 Å². The average Bonchev–Trinajstić information content (AvgIpc) is 3.27. The fourth-order valence-electron chi connectivity index (χ4n) is 3.56. The molecule has 0 bridgehead atoms. The maximum Gasteiger partial charge on any atom is 0.419 e. The van der Waals surface area contributed by atoms with Crippen LogP contribution < -0.4 is 11.1 Å². The molecule has 26 heavy (non-hydrogen) atoms. The number of aryl methyl sites for hydroxylation is 3. The number of benzene rings is 1. The minimum atomic E-state index is -0.421. The van der Waals surface area contributed by atoms with Gasteiger partial charge < -0.3 is 14.6 Å². The van der Waals surface area contributed by atoms with Gasteiger partial charge in [-0.15, -0.1) is 0 Å². The zero-order valence-electron chi connectivity index (χ0n) is 15.0. The third-order valence-corrected chi connectivity index (χ3v) is 4.88. The molecular weight excluding hydrogens is 334 g/mol. The second kappa shape index (κ2) is 6.05. The van der Waals surface area contributed by atoms with Crippen LogP contribution >= 0.6 is 0 Å². The molecule has 0 aliphatic carbocycles. The third-order valence-electron chi connectivity index (χ3n) is 4.88. The molecular formula is C18H21N5O3. The number of fused-ring (bicyclic) bond motifs is 1. The number of aromatic nitrogens is 3. The van der Waals surface area contributed by atoms with Crippen molar-refractivity contribution >= 4 is 22.8 Å². The molecule has 0 radical (unpaired) electrons. The van der Waals surface area contributed by atoms with E-state index >= 15 is 0 Å². The van der Waals surface area contributed by atoms with Crippen molar-refractivity contribution in [2.75, 3.05) is 18.4 Å². The first kappa shape index (κ1) is 16.4. The summed E-state index contributed by atoms with van der Waals surface area (Å²) in [5.74, 6) is -0.421. The first-order valence-electron chi connectivity index (χ1n) is 8.60.